The van der Waals surface area contributed by atoms with Gasteiger partial charge in [-0.2, -0.15) is 0 Å². The Balaban J connectivity index is 1.24. The first kappa shape index (κ1) is 20.5. The smallest absolute Gasteiger partial charge is 0.247 e. The lowest BCUT2D eigenvalue weighted by molar-refractivity contribution is -0.121. The van der Waals surface area contributed by atoms with Crippen molar-refractivity contribution in [3.8, 4) is 11.5 Å². The van der Waals surface area contributed by atoms with Crippen LogP contribution in [0.3, 0.4) is 0 Å². The largest absolute Gasteiger partial charge is 0.421 e. The van der Waals surface area contributed by atoms with Crippen molar-refractivity contribution >= 4 is 5.91 Å². The third-order valence-corrected chi connectivity index (χ3v) is 5.38. The van der Waals surface area contributed by atoms with Crippen molar-refractivity contribution < 1.29 is 9.21 Å². The number of amides is 1. The van der Waals surface area contributed by atoms with Gasteiger partial charge in [0.05, 0.1) is 0 Å². The summed E-state index contributed by atoms with van der Waals surface area (Å²) in [6.07, 6.45) is 6.68. The number of hydrogen-bond acceptors (Lipinski definition) is 5. The van der Waals surface area contributed by atoms with Crippen LogP contribution in [0.25, 0.3) is 11.5 Å². The van der Waals surface area contributed by atoms with Gasteiger partial charge in [-0.3, -0.25) is 4.79 Å². The van der Waals surface area contributed by atoms with Crippen molar-refractivity contribution in [2.24, 2.45) is 5.92 Å². The number of carbonyl (C=O) groups is 1. The van der Waals surface area contributed by atoms with Gasteiger partial charge >= 0.3 is 0 Å². The second-order valence-electron chi connectivity index (χ2n) is 7.80. The molecule has 6 heteroatoms. The average Bonchev–Trinajstić information content (AvgIpc) is 3.19. The summed E-state index contributed by atoms with van der Waals surface area (Å²) in [6, 6.07) is 9.72. The third kappa shape index (κ3) is 6.75. The van der Waals surface area contributed by atoms with Gasteiger partial charge in [-0.05, 0) is 69.8 Å². The molecule has 0 saturated carbocycles. The molecule has 0 unspecified atom stereocenters. The van der Waals surface area contributed by atoms with E-state index in [-0.39, 0.29) is 5.91 Å². The Hall–Kier alpha value is -2.21. The van der Waals surface area contributed by atoms with Crippen LogP contribution in [-0.2, 0) is 11.2 Å². The highest BCUT2D eigenvalue weighted by atomic mass is 16.4. The van der Waals surface area contributed by atoms with Gasteiger partial charge < -0.3 is 14.6 Å². The minimum atomic E-state index is 0.106. The van der Waals surface area contributed by atoms with Gasteiger partial charge in [0, 0.05) is 24.9 Å². The fourth-order valence-corrected chi connectivity index (χ4v) is 3.51. The molecule has 0 radical (unpaired) electrons. The fourth-order valence-electron chi connectivity index (χ4n) is 3.51. The Kier molecular flexibility index (Phi) is 8.03. The van der Waals surface area contributed by atoms with Crippen LogP contribution in [0.5, 0.6) is 0 Å². The second kappa shape index (κ2) is 11.0. The molecule has 2 aromatic rings. The molecular formula is C22H32N4O2. The highest BCUT2D eigenvalue weighted by Gasteiger charge is 2.14. The third-order valence-electron chi connectivity index (χ3n) is 5.38. The van der Waals surface area contributed by atoms with E-state index in [2.05, 4.69) is 27.3 Å². The number of unbranched alkanes of at least 4 members (excludes halogenated alkanes) is 1. The molecule has 0 aliphatic carbocycles. The van der Waals surface area contributed by atoms with Crippen molar-refractivity contribution in [3.63, 3.8) is 0 Å². The van der Waals surface area contributed by atoms with Gasteiger partial charge in [0.2, 0.25) is 17.7 Å². The molecule has 1 N–H and O–H groups in total. The molecule has 28 heavy (non-hydrogen) atoms. The molecule has 0 atom stereocenters. The minimum Gasteiger partial charge on any atom is -0.421 e. The maximum Gasteiger partial charge on any atom is 0.247 e. The number of carbonyl (C=O) groups excluding carboxylic acids is 1. The van der Waals surface area contributed by atoms with Crippen LogP contribution >= 0.6 is 0 Å². The Morgan fingerprint density at radius 1 is 1.14 bits per heavy atom. The monoisotopic (exact) mass is 384 g/mol. The molecule has 2 heterocycles. The zero-order valence-corrected chi connectivity index (χ0v) is 16.9. The number of piperidine rings is 1. The molecule has 0 bridgehead atoms. The summed E-state index contributed by atoms with van der Waals surface area (Å²) in [4.78, 5) is 14.5. The highest BCUT2D eigenvalue weighted by Crippen LogP contribution is 2.18. The van der Waals surface area contributed by atoms with E-state index >= 15 is 0 Å². The number of aromatic nitrogens is 2. The SMILES string of the molecule is CC1CCN(CCCCNC(=O)CCCc2nnc(-c3ccccc3)o2)CC1. The molecular weight excluding hydrogens is 352 g/mol. The van der Waals surface area contributed by atoms with Gasteiger partial charge in [0.1, 0.15) is 0 Å². The van der Waals surface area contributed by atoms with Crippen LogP contribution < -0.4 is 5.32 Å². The van der Waals surface area contributed by atoms with Gasteiger partial charge in [0.15, 0.2) is 0 Å². The predicted octanol–water partition coefficient (Wildman–Crippen LogP) is 3.69. The van der Waals surface area contributed by atoms with Crippen molar-refractivity contribution in [1.82, 2.24) is 20.4 Å². The molecule has 3 rings (SSSR count). The summed E-state index contributed by atoms with van der Waals surface area (Å²) in [5, 5.41) is 11.2. The Labute approximate surface area is 167 Å². The normalized spacial score (nSPS) is 15.6. The van der Waals surface area contributed by atoms with E-state index in [1.54, 1.807) is 0 Å². The minimum absolute atomic E-state index is 0.106. The first-order valence-corrected chi connectivity index (χ1v) is 10.6. The lowest BCUT2D eigenvalue weighted by Crippen LogP contribution is -2.34. The number of likely N-dealkylation sites (tertiary alicyclic amines) is 1. The van der Waals surface area contributed by atoms with Crippen LogP contribution in [-0.4, -0.2) is 47.2 Å². The first-order chi connectivity index (χ1) is 13.7. The molecule has 1 aromatic heterocycles. The van der Waals surface area contributed by atoms with Crippen molar-refractivity contribution in [3.05, 3.63) is 36.2 Å². The Morgan fingerprint density at radius 3 is 2.71 bits per heavy atom. The highest BCUT2D eigenvalue weighted by molar-refractivity contribution is 5.75. The zero-order valence-electron chi connectivity index (χ0n) is 16.9. The number of hydrogen-bond donors (Lipinski definition) is 1. The zero-order chi connectivity index (χ0) is 19.6. The van der Waals surface area contributed by atoms with Gasteiger partial charge in [-0.1, -0.05) is 25.1 Å². The molecule has 1 amide bonds. The van der Waals surface area contributed by atoms with E-state index < -0.39 is 0 Å². The van der Waals surface area contributed by atoms with E-state index in [0.29, 0.717) is 31.0 Å². The molecule has 1 saturated heterocycles. The number of aryl methyl sites for hydroxylation is 1. The molecule has 1 aliphatic heterocycles. The second-order valence-corrected chi connectivity index (χ2v) is 7.80. The van der Waals surface area contributed by atoms with E-state index in [4.69, 9.17) is 4.42 Å². The Bertz CT molecular complexity index is 708. The van der Waals surface area contributed by atoms with Crippen LogP contribution in [0, 0.1) is 5.92 Å². The quantitative estimate of drug-likeness (QED) is 0.633. The van der Waals surface area contributed by atoms with Crippen LogP contribution in [0.1, 0.15) is 51.3 Å². The number of benzene rings is 1. The lowest BCUT2D eigenvalue weighted by Gasteiger charge is -2.30. The van der Waals surface area contributed by atoms with E-state index in [0.717, 1.165) is 37.4 Å². The van der Waals surface area contributed by atoms with Crippen molar-refractivity contribution in [2.45, 2.75) is 51.9 Å². The summed E-state index contributed by atoms with van der Waals surface area (Å²) < 4.78 is 5.67. The van der Waals surface area contributed by atoms with Crippen molar-refractivity contribution in [1.29, 1.82) is 0 Å². The van der Waals surface area contributed by atoms with E-state index in [1.807, 2.05) is 30.3 Å². The summed E-state index contributed by atoms with van der Waals surface area (Å²) in [6.45, 7) is 6.73. The summed E-state index contributed by atoms with van der Waals surface area (Å²) in [5.74, 6) is 2.10. The number of nitrogens with zero attached hydrogens (tertiary/aromatic N) is 3. The van der Waals surface area contributed by atoms with Gasteiger partial charge in [-0.15, -0.1) is 10.2 Å². The van der Waals surface area contributed by atoms with Crippen molar-refractivity contribution in [2.75, 3.05) is 26.2 Å². The topological polar surface area (TPSA) is 71.3 Å². The first-order valence-electron chi connectivity index (χ1n) is 10.6. The maximum atomic E-state index is 12.0. The standard InChI is InChI=1S/C22H32N4O2/c1-18-12-16-26(17-13-18)15-6-5-14-23-20(27)10-7-11-21-24-25-22(28-21)19-8-3-2-4-9-19/h2-4,8-9,18H,5-7,10-17H2,1H3,(H,23,27). The lowest BCUT2D eigenvalue weighted by atomic mass is 9.99. The summed E-state index contributed by atoms with van der Waals surface area (Å²) >= 11 is 0. The van der Waals surface area contributed by atoms with Crippen LogP contribution in [0.2, 0.25) is 0 Å². The number of rotatable bonds is 10. The summed E-state index contributed by atoms with van der Waals surface area (Å²) in [7, 11) is 0. The number of nitrogens with one attached hydrogen (secondary N) is 1. The van der Waals surface area contributed by atoms with E-state index in [1.165, 1.54) is 25.9 Å². The van der Waals surface area contributed by atoms with E-state index in [9.17, 15) is 4.79 Å². The predicted molar refractivity (Wildman–Crippen MR) is 110 cm³/mol. The average molecular weight is 385 g/mol. The molecule has 6 nitrogen and oxygen atoms in total. The van der Waals surface area contributed by atoms with Gasteiger partial charge in [0.25, 0.3) is 0 Å². The van der Waals surface area contributed by atoms with Crippen LogP contribution in [0.15, 0.2) is 34.7 Å². The Morgan fingerprint density at radius 2 is 1.93 bits per heavy atom. The van der Waals surface area contributed by atoms with Gasteiger partial charge in [-0.25, -0.2) is 0 Å². The van der Waals surface area contributed by atoms with Crippen LogP contribution in [0.4, 0.5) is 0 Å². The molecule has 152 valence electrons. The maximum absolute atomic E-state index is 12.0. The summed E-state index contributed by atoms with van der Waals surface area (Å²) in [5.41, 5.74) is 0.915. The molecule has 0 spiro atoms. The molecule has 1 aromatic carbocycles. The molecule has 1 fully saturated rings. The molecule has 1 aliphatic rings. The fraction of sp³-hybridized carbons (Fsp3) is 0.591.